The van der Waals surface area contributed by atoms with Crippen molar-refractivity contribution in [1.29, 1.82) is 0 Å². The second-order valence-corrected chi connectivity index (χ2v) is 6.45. The van der Waals surface area contributed by atoms with Gasteiger partial charge in [0.25, 0.3) is 5.91 Å². The molecule has 0 aliphatic carbocycles. The minimum Gasteiger partial charge on any atom is -0.492 e. The molecule has 0 radical (unpaired) electrons. The summed E-state index contributed by atoms with van der Waals surface area (Å²) in [6.07, 6.45) is 3.51. The molecule has 27 heavy (non-hydrogen) atoms. The first-order valence-electron chi connectivity index (χ1n) is 8.87. The molecule has 140 valence electrons. The molecule has 1 aromatic heterocycles. The maximum absolute atomic E-state index is 12.7. The third-order valence-corrected chi connectivity index (χ3v) is 4.06. The first kappa shape index (κ1) is 18.7. The molecule has 0 fully saturated rings. The van der Waals surface area contributed by atoms with Crippen LogP contribution < -0.4 is 10.1 Å². The number of nitrogens with one attached hydrogen (secondary N) is 1. The van der Waals surface area contributed by atoms with Crippen molar-refractivity contribution >= 4 is 5.91 Å². The maximum atomic E-state index is 12.7. The van der Waals surface area contributed by atoms with Gasteiger partial charge in [0.2, 0.25) is 0 Å². The van der Waals surface area contributed by atoms with Crippen LogP contribution in [0, 0.1) is 0 Å². The molecule has 0 atom stereocenters. The van der Waals surface area contributed by atoms with Crippen LogP contribution >= 0.6 is 0 Å². The standard InChI is InChI=1S/C21H24N4O2/c1-24(2)13-14-27-18-8-5-7-17(15-18)16-22-21(26)19-9-3-4-10-20(19)25-12-6-11-23-25/h3-12,15H,13-14,16H2,1-2H3,(H,22,26). The van der Waals surface area contributed by atoms with Crippen molar-refractivity contribution in [3.05, 3.63) is 78.1 Å². The van der Waals surface area contributed by atoms with Crippen LogP contribution in [0.1, 0.15) is 15.9 Å². The fourth-order valence-corrected chi connectivity index (χ4v) is 2.65. The zero-order valence-corrected chi connectivity index (χ0v) is 15.6. The van der Waals surface area contributed by atoms with Crippen LogP contribution in [0.2, 0.25) is 0 Å². The van der Waals surface area contributed by atoms with Gasteiger partial charge in [-0.15, -0.1) is 0 Å². The molecule has 0 aliphatic rings. The van der Waals surface area contributed by atoms with Gasteiger partial charge >= 0.3 is 0 Å². The van der Waals surface area contributed by atoms with Gasteiger partial charge in [0, 0.05) is 25.5 Å². The smallest absolute Gasteiger partial charge is 0.253 e. The van der Waals surface area contributed by atoms with Gasteiger partial charge in [0.05, 0.1) is 11.3 Å². The molecule has 0 saturated carbocycles. The summed E-state index contributed by atoms with van der Waals surface area (Å²) < 4.78 is 7.44. The number of rotatable bonds is 8. The number of hydrogen-bond donors (Lipinski definition) is 1. The molecule has 3 aromatic rings. The van der Waals surface area contributed by atoms with E-state index < -0.39 is 0 Å². The van der Waals surface area contributed by atoms with Gasteiger partial charge in [0.1, 0.15) is 12.4 Å². The number of carbonyl (C=O) groups is 1. The maximum Gasteiger partial charge on any atom is 0.253 e. The molecular formula is C21H24N4O2. The van der Waals surface area contributed by atoms with E-state index >= 15 is 0 Å². The summed E-state index contributed by atoms with van der Waals surface area (Å²) in [5.41, 5.74) is 2.32. The van der Waals surface area contributed by atoms with Crippen molar-refractivity contribution in [3.8, 4) is 11.4 Å². The van der Waals surface area contributed by atoms with Gasteiger partial charge < -0.3 is 15.0 Å². The molecule has 6 nitrogen and oxygen atoms in total. The molecule has 1 heterocycles. The average molecular weight is 364 g/mol. The SMILES string of the molecule is CN(C)CCOc1cccc(CNC(=O)c2ccccc2-n2cccn2)c1. The Labute approximate surface area is 159 Å². The molecule has 0 saturated heterocycles. The number of nitrogens with zero attached hydrogens (tertiary/aromatic N) is 3. The molecule has 0 bridgehead atoms. The van der Waals surface area contributed by atoms with Gasteiger partial charge in [-0.2, -0.15) is 5.10 Å². The topological polar surface area (TPSA) is 59.4 Å². The number of para-hydroxylation sites is 1. The highest BCUT2D eigenvalue weighted by Crippen LogP contribution is 2.15. The number of amides is 1. The van der Waals surface area contributed by atoms with E-state index in [9.17, 15) is 4.79 Å². The van der Waals surface area contributed by atoms with Gasteiger partial charge in [-0.05, 0) is 50.0 Å². The fourth-order valence-electron chi connectivity index (χ4n) is 2.65. The summed E-state index contributed by atoms with van der Waals surface area (Å²) in [6, 6.07) is 17.0. The fraction of sp³-hybridized carbons (Fsp3) is 0.238. The third-order valence-electron chi connectivity index (χ3n) is 4.06. The summed E-state index contributed by atoms with van der Waals surface area (Å²) >= 11 is 0. The Hall–Kier alpha value is -3.12. The number of aromatic nitrogens is 2. The molecule has 0 unspecified atom stereocenters. The van der Waals surface area contributed by atoms with Gasteiger partial charge in [-0.25, -0.2) is 4.68 Å². The summed E-state index contributed by atoms with van der Waals surface area (Å²) in [5, 5.41) is 7.19. The van der Waals surface area contributed by atoms with Crippen molar-refractivity contribution in [1.82, 2.24) is 20.0 Å². The van der Waals surface area contributed by atoms with Crippen LogP contribution in [-0.2, 0) is 6.54 Å². The lowest BCUT2D eigenvalue weighted by Gasteiger charge is -2.13. The van der Waals surface area contributed by atoms with Gasteiger partial charge in [-0.1, -0.05) is 24.3 Å². The number of ether oxygens (including phenoxy) is 1. The Balaban J connectivity index is 1.63. The Kier molecular flexibility index (Phi) is 6.22. The predicted octanol–water partition coefficient (Wildman–Crippen LogP) is 2.74. The Morgan fingerprint density at radius 1 is 1.15 bits per heavy atom. The van der Waals surface area contributed by atoms with Crippen LogP contribution in [0.15, 0.2) is 67.0 Å². The monoisotopic (exact) mass is 364 g/mol. The Bertz CT molecular complexity index is 875. The van der Waals surface area contributed by atoms with Crippen molar-refractivity contribution in [3.63, 3.8) is 0 Å². The number of carbonyl (C=O) groups excluding carboxylic acids is 1. The molecule has 2 aromatic carbocycles. The van der Waals surface area contributed by atoms with Crippen LogP contribution in [0.5, 0.6) is 5.75 Å². The van der Waals surface area contributed by atoms with Crippen LogP contribution in [-0.4, -0.2) is 47.8 Å². The van der Waals surface area contributed by atoms with E-state index in [-0.39, 0.29) is 5.91 Å². The average Bonchev–Trinajstić information content (AvgIpc) is 3.21. The van der Waals surface area contributed by atoms with Crippen molar-refractivity contribution in [2.45, 2.75) is 6.54 Å². The van der Waals surface area contributed by atoms with E-state index in [1.165, 1.54) is 0 Å². The first-order chi connectivity index (χ1) is 13.1. The van der Waals surface area contributed by atoms with Crippen LogP contribution in [0.3, 0.4) is 0 Å². The summed E-state index contributed by atoms with van der Waals surface area (Å²) in [7, 11) is 4.02. The highest BCUT2D eigenvalue weighted by Gasteiger charge is 2.12. The minimum atomic E-state index is -0.139. The molecule has 0 spiro atoms. The van der Waals surface area contributed by atoms with Crippen molar-refractivity contribution < 1.29 is 9.53 Å². The van der Waals surface area contributed by atoms with E-state index in [2.05, 4.69) is 15.3 Å². The van der Waals surface area contributed by atoms with Crippen molar-refractivity contribution in [2.24, 2.45) is 0 Å². The zero-order chi connectivity index (χ0) is 19.1. The second kappa shape index (κ2) is 9.00. The molecule has 6 heteroatoms. The molecule has 1 N–H and O–H groups in total. The normalized spacial score (nSPS) is 10.8. The Morgan fingerprint density at radius 2 is 2.00 bits per heavy atom. The van der Waals surface area contributed by atoms with E-state index in [0.29, 0.717) is 18.7 Å². The quantitative estimate of drug-likeness (QED) is 0.668. The lowest BCUT2D eigenvalue weighted by molar-refractivity contribution is 0.0950. The lowest BCUT2D eigenvalue weighted by atomic mass is 10.1. The second-order valence-electron chi connectivity index (χ2n) is 6.45. The van der Waals surface area contributed by atoms with E-state index in [4.69, 9.17) is 4.74 Å². The molecule has 1 amide bonds. The lowest BCUT2D eigenvalue weighted by Crippen LogP contribution is -2.24. The number of likely N-dealkylation sites (N-methyl/N-ethyl adjacent to an activating group) is 1. The zero-order valence-electron chi connectivity index (χ0n) is 15.6. The summed E-state index contributed by atoms with van der Waals surface area (Å²) in [5.74, 6) is 0.667. The number of hydrogen-bond acceptors (Lipinski definition) is 4. The van der Waals surface area contributed by atoms with E-state index in [1.807, 2.05) is 68.8 Å². The molecule has 0 aliphatic heterocycles. The first-order valence-corrected chi connectivity index (χ1v) is 8.87. The minimum absolute atomic E-state index is 0.139. The summed E-state index contributed by atoms with van der Waals surface area (Å²) in [4.78, 5) is 14.7. The third kappa shape index (κ3) is 5.18. The molecule has 3 rings (SSSR count). The highest BCUT2D eigenvalue weighted by molar-refractivity contribution is 5.97. The Morgan fingerprint density at radius 3 is 2.78 bits per heavy atom. The van der Waals surface area contributed by atoms with Crippen LogP contribution in [0.25, 0.3) is 5.69 Å². The van der Waals surface area contributed by atoms with E-state index in [0.717, 1.165) is 23.5 Å². The number of benzene rings is 2. The predicted molar refractivity (Wildman–Crippen MR) is 105 cm³/mol. The summed E-state index contributed by atoms with van der Waals surface area (Å²) in [6.45, 7) is 1.91. The highest BCUT2D eigenvalue weighted by atomic mass is 16.5. The van der Waals surface area contributed by atoms with E-state index in [1.54, 1.807) is 16.9 Å². The molecular weight excluding hydrogens is 340 g/mol. The van der Waals surface area contributed by atoms with Gasteiger partial charge in [0.15, 0.2) is 0 Å². The van der Waals surface area contributed by atoms with Gasteiger partial charge in [-0.3, -0.25) is 4.79 Å². The van der Waals surface area contributed by atoms with Crippen LogP contribution in [0.4, 0.5) is 0 Å². The van der Waals surface area contributed by atoms with Crippen molar-refractivity contribution in [2.75, 3.05) is 27.2 Å². The largest absolute Gasteiger partial charge is 0.492 e.